The SMILES string of the molecule is CC(C)=CCC[C@]1(C)CC[C@]2(C)[C@H]3CC[C@@]4(C)[C@@H](CCC(=O)[C@H]4C)[C@]3(C)CC[C@@]2(C)C1. The summed E-state index contributed by atoms with van der Waals surface area (Å²) in [5, 5.41) is 0. The minimum absolute atomic E-state index is 0.234. The number of carbonyl (C=O) groups excluding carboxylic acids is 1. The maximum atomic E-state index is 12.7. The van der Waals surface area contributed by atoms with E-state index in [0.29, 0.717) is 27.4 Å². The van der Waals surface area contributed by atoms with Gasteiger partial charge < -0.3 is 0 Å². The largest absolute Gasteiger partial charge is 0.299 e. The molecule has 0 heterocycles. The van der Waals surface area contributed by atoms with Crippen molar-refractivity contribution in [3.05, 3.63) is 11.6 Å². The van der Waals surface area contributed by atoms with E-state index in [9.17, 15) is 4.79 Å². The predicted molar refractivity (Wildman–Crippen MR) is 132 cm³/mol. The van der Waals surface area contributed by atoms with Crippen molar-refractivity contribution in [1.29, 1.82) is 0 Å². The molecule has 1 nitrogen and oxygen atoms in total. The molecule has 0 radical (unpaired) electrons. The zero-order valence-corrected chi connectivity index (χ0v) is 22.0. The fourth-order valence-corrected chi connectivity index (χ4v) is 9.93. The number of rotatable bonds is 3. The van der Waals surface area contributed by atoms with E-state index in [-0.39, 0.29) is 11.3 Å². The molecule has 0 saturated heterocycles. The van der Waals surface area contributed by atoms with Crippen LogP contribution in [0, 0.1) is 44.8 Å². The zero-order valence-electron chi connectivity index (χ0n) is 22.0. The Morgan fingerprint density at radius 3 is 2.29 bits per heavy atom. The van der Waals surface area contributed by atoms with E-state index < -0.39 is 0 Å². The first-order valence-corrected chi connectivity index (χ1v) is 13.5. The Labute approximate surface area is 193 Å². The van der Waals surface area contributed by atoms with Gasteiger partial charge in [0.25, 0.3) is 0 Å². The monoisotopic (exact) mass is 426 g/mol. The summed E-state index contributed by atoms with van der Waals surface area (Å²) < 4.78 is 0. The third-order valence-corrected chi connectivity index (χ3v) is 12.2. The molecular weight excluding hydrogens is 376 g/mol. The second-order valence-corrected chi connectivity index (χ2v) is 14.2. The Hall–Kier alpha value is -0.590. The van der Waals surface area contributed by atoms with Gasteiger partial charge in [0.1, 0.15) is 5.78 Å². The maximum Gasteiger partial charge on any atom is 0.136 e. The molecule has 0 aromatic heterocycles. The molecule has 0 aliphatic heterocycles. The highest BCUT2D eigenvalue weighted by Gasteiger charge is 2.67. The fraction of sp³-hybridized carbons (Fsp3) is 0.900. The lowest BCUT2D eigenvalue weighted by Gasteiger charge is -2.72. The molecule has 0 aromatic carbocycles. The first kappa shape index (κ1) is 23.6. The molecule has 1 heteroatoms. The summed E-state index contributed by atoms with van der Waals surface area (Å²) in [5.41, 5.74) is 3.56. The molecule has 4 saturated carbocycles. The second-order valence-electron chi connectivity index (χ2n) is 14.2. The van der Waals surface area contributed by atoms with Crippen LogP contribution in [-0.4, -0.2) is 5.78 Å². The quantitative estimate of drug-likeness (QED) is 0.412. The normalized spacial score (nSPS) is 52.0. The topological polar surface area (TPSA) is 17.1 Å². The standard InChI is InChI=1S/C30H50O/c1-21(2)10-9-14-26(4)16-19-30(8)25-13-15-28(6)22(3)23(31)11-12-24(28)29(25,7)18-17-27(30,5)20-26/h10,22,24-25H,9,11-20H2,1-8H3/t22-,24-,25+,26-,27+,28-,29+,30-/m1/s1. The molecule has 0 unspecified atom stereocenters. The van der Waals surface area contributed by atoms with Crippen LogP contribution in [0.2, 0.25) is 0 Å². The van der Waals surface area contributed by atoms with Crippen molar-refractivity contribution in [2.75, 3.05) is 0 Å². The van der Waals surface area contributed by atoms with Crippen LogP contribution in [0.15, 0.2) is 11.6 Å². The summed E-state index contributed by atoms with van der Waals surface area (Å²) in [4.78, 5) is 12.7. The third kappa shape index (κ3) is 3.42. The number of carbonyl (C=O) groups is 1. The van der Waals surface area contributed by atoms with Crippen molar-refractivity contribution < 1.29 is 4.79 Å². The molecule has 0 aromatic rings. The second kappa shape index (κ2) is 7.46. The summed E-state index contributed by atoms with van der Waals surface area (Å²) in [6, 6.07) is 0. The van der Waals surface area contributed by atoms with Gasteiger partial charge in [-0.05, 0) is 117 Å². The summed E-state index contributed by atoms with van der Waals surface area (Å²) in [6.45, 7) is 19.8. The Balaban J connectivity index is 1.61. The van der Waals surface area contributed by atoms with Gasteiger partial charge in [0, 0.05) is 12.3 Å². The van der Waals surface area contributed by atoms with Gasteiger partial charge in [0.2, 0.25) is 0 Å². The van der Waals surface area contributed by atoms with E-state index in [1.54, 1.807) is 0 Å². The van der Waals surface area contributed by atoms with E-state index in [1.165, 1.54) is 63.4 Å². The molecule has 0 amide bonds. The molecule has 176 valence electrons. The Morgan fingerprint density at radius 1 is 0.903 bits per heavy atom. The van der Waals surface area contributed by atoms with E-state index in [4.69, 9.17) is 0 Å². The smallest absolute Gasteiger partial charge is 0.136 e. The van der Waals surface area contributed by atoms with Crippen LogP contribution in [0.25, 0.3) is 0 Å². The van der Waals surface area contributed by atoms with Gasteiger partial charge >= 0.3 is 0 Å². The highest BCUT2D eigenvalue weighted by molar-refractivity contribution is 5.82. The molecule has 31 heavy (non-hydrogen) atoms. The molecule has 0 spiro atoms. The van der Waals surface area contributed by atoms with Crippen molar-refractivity contribution >= 4 is 5.78 Å². The van der Waals surface area contributed by atoms with Crippen LogP contribution < -0.4 is 0 Å². The number of hydrogen-bond acceptors (Lipinski definition) is 1. The molecule has 0 bridgehead atoms. The van der Waals surface area contributed by atoms with Crippen molar-refractivity contribution in [3.8, 4) is 0 Å². The molecule has 4 rings (SSSR count). The molecule has 4 aliphatic rings. The van der Waals surface area contributed by atoms with E-state index in [0.717, 1.165) is 24.7 Å². The first-order chi connectivity index (χ1) is 14.3. The van der Waals surface area contributed by atoms with Crippen LogP contribution >= 0.6 is 0 Å². The van der Waals surface area contributed by atoms with Crippen molar-refractivity contribution in [2.45, 2.75) is 126 Å². The number of Topliss-reactive ketones (excluding diaryl/α,β-unsaturated/α-hetero) is 1. The van der Waals surface area contributed by atoms with Crippen LogP contribution in [0.1, 0.15) is 126 Å². The van der Waals surface area contributed by atoms with Crippen LogP contribution in [-0.2, 0) is 4.79 Å². The fourth-order valence-electron chi connectivity index (χ4n) is 9.93. The van der Waals surface area contributed by atoms with Gasteiger partial charge in [-0.25, -0.2) is 0 Å². The minimum Gasteiger partial charge on any atom is -0.299 e. The van der Waals surface area contributed by atoms with E-state index in [2.05, 4.69) is 61.5 Å². The van der Waals surface area contributed by atoms with E-state index >= 15 is 0 Å². The summed E-state index contributed by atoms with van der Waals surface area (Å²) in [7, 11) is 0. The third-order valence-electron chi connectivity index (χ3n) is 12.2. The van der Waals surface area contributed by atoms with Crippen LogP contribution in [0.5, 0.6) is 0 Å². The number of ketones is 1. The zero-order chi connectivity index (χ0) is 22.9. The maximum absolute atomic E-state index is 12.7. The van der Waals surface area contributed by atoms with Gasteiger partial charge in [0.05, 0.1) is 0 Å². The average molecular weight is 427 g/mol. The molecule has 8 atom stereocenters. The summed E-state index contributed by atoms with van der Waals surface area (Å²) in [5.74, 6) is 2.37. The molecule has 4 aliphatic carbocycles. The minimum atomic E-state index is 0.234. The van der Waals surface area contributed by atoms with Crippen molar-refractivity contribution in [1.82, 2.24) is 0 Å². The lowest BCUT2D eigenvalue weighted by atomic mass is 9.33. The lowest BCUT2D eigenvalue weighted by Crippen LogP contribution is -2.64. The average Bonchev–Trinajstić information content (AvgIpc) is 2.67. The number of hydrogen-bond donors (Lipinski definition) is 0. The number of fused-ring (bicyclic) bond motifs is 5. The molecule has 4 fully saturated rings. The van der Waals surface area contributed by atoms with Crippen molar-refractivity contribution in [3.63, 3.8) is 0 Å². The Bertz CT molecular complexity index is 760. The van der Waals surface area contributed by atoms with Gasteiger partial charge in [0.15, 0.2) is 0 Å². The lowest BCUT2D eigenvalue weighted by molar-refractivity contribution is -0.225. The molecule has 0 N–H and O–H groups in total. The van der Waals surface area contributed by atoms with Gasteiger partial charge in [-0.1, -0.05) is 53.2 Å². The van der Waals surface area contributed by atoms with Gasteiger partial charge in [-0.15, -0.1) is 0 Å². The van der Waals surface area contributed by atoms with Crippen molar-refractivity contribution in [2.24, 2.45) is 44.8 Å². The predicted octanol–water partition coefficient (Wildman–Crippen LogP) is 8.77. The Morgan fingerprint density at radius 2 is 1.61 bits per heavy atom. The highest BCUT2D eigenvalue weighted by atomic mass is 16.1. The molecular formula is C30H50O. The number of allylic oxidation sites excluding steroid dienone is 2. The van der Waals surface area contributed by atoms with Crippen LogP contribution in [0.4, 0.5) is 0 Å². The highest BCUT2D eigenvalue weighted by Crippen LogP contribution is 2.75. The first-order valence-electron chi connectivity index (χ1n) is 13.5. The Kier molecular flexibility index (Phi) is 5.67. The van der Waals surface area contributed by atoms with E-state index in [1.807, 2.05) is 0 Å². The van der Waals surface area contributed by atoms with Gasteiger partial charge in [-0.2, -0.15) is 0 Å². The van der Waals surface area contributed by atoms with Gasteiger partial charge in [-0.3, -0.25) is 4.79 Å². The summed E-state index contributed by atoms with van der Waals surface area (Å²) >= 11 is 0. The summed E-state index contributed by atoms with van der Waals surface area (Å²) in [6.07, 6.45) is 16.7. The van der Waals surface area contributed by atoms with Crippen LogP contribution in [0.3, 0.4) is 0 Å².